The average molecular weight is 464 g/mol. The number of halogens is 1. The summed E-state index contributed by atoms with van der Waals surface area (Å²) in [6.07, 6.45) is 4.39. The van der Waals surface area contributed by atoms with E-state index in [2.05, 4.69) is 32.1 Å². The van der Waals surface area contributed by atoms with Gasteiger partial charge in [0.2, 0.25) is 0 Å². The molecule has 0 atom stereocenters. The van der Waals surface area contributed by atoms with Gasteiger partial charge in [-0.1, -0.05) is 17.7 Å². The summed E-state index contributed by atoms with van der Waals surface area (Å²) in [5.41, 5.74) is 1.88. The second-order valence-electron chi connectivity index (χ2n) is 8.83. The highest BCUT2D eigenvalue weighted by molar-refractivity contribution is 6.30. The molecule has 2 aliphatic heterocycles. The molecule has 33 heavy (non-hydrogen) atoms. The van der Waals surface area contributed by atoms with E-state index in [0.29, 0.717) is 12.1 Å². The molecule has 172 valence electrons. The molecule has 1 N–H and O–H groups in total. The first-order chi connectivity index (χ1) is 16.2. The van der Waals surface area contributed by atoms with Crippen LogP contribution in [0.5, 0.6) is 0 Å². The number of rotatable bonds is 6. The maximum Gasteiger partial charge on any atom is 0.251 e. The first kappa shape index (κ1) is 22.0. The number of likely N-dealkylation sites (tertiary alicyclic amines) is 1. The Morgan fingerprint density at radius 2 is 1.64 bits per heavy atom. The molecule has 0 bridgehead atoms. The van der Waals surface area contributed by atoms with E-state index in [9.17, 15) is 4.79 Å². The number of hydrogen-bond donors (Lipinski definition) is 1. The van der Waals surface area contributed by atoms with Gasteiger partial charge in [0.15, 0.2) is 0 Å². The summed E-state index contributed by atoms with van der Waals surface area (Å²) in [6.45, 7) is 7.47. The summed E-state index contributed by atoms with van der Waals surface area (Å²) in [7, 11) is 0. The fourth-order valence-electron chi connectivity index (χ4n) is 4.81. The molecule has 7 heteroatoms. The Bertz CT molecular complexity index is 1110. The smallest absolute Gasteiger partial charge is 0.251 e. The summed E-state index contributed by atoms with van der Waals surface area (Å²) in [6, 6.07) is 16.0. The van der Waals surface area contributed by atoms with Crippen LogP contribution in [-0.2, 0) is 0 Å². The summed E-state index contributed by atoms with van der Waals surface area (Å²) < 4.78 is 0. The zero-order valence-electron chi connectivity index (χ0n) is 18.8. The molecule has 1 amide bonds. The van der Waals surface area contributed by atoms with Crippen LogP contribution in [0.1, 0.15) is 23.2 Å². The minimum absolute atomic E-state index is 0.0153. The third-order valence-electron chi connectivity index (χ3n) is 6.69. The summed E-state index contributed by atoms with van der Waals surface area (Å²) >= 11 is 6.04. The lowest BCUT2D eigenvalue weighted by Crippen LogP contribution is -2.46. The minimum atomic E-state index is -0.0153. The van der Waals surface area contributed by atoms with Crippen molar-refractivity contribution in [2.24, 2.45) is 0 Å². The highest BCUT2D eigenvalue weighted by atomic mass is 35.5. The molecule has 0 spiro atoms. The Morgan fingerprint density at radius 3 is 2.39 bits per heavy atom. The van der Waals surface area contributed by atoms with E-state index in [1.165, 1.54) is 18.5 Å². The van der Waals surface area contributed by atoms with Crippen molar-refractivity contribution in [2.45, 2.75) is 12.8 Å². The molecule has 0 radical (unpaired) electrons. The lowest BCUT2D eigenvalue weighted by Gasteiger charge is -2.37. The summed E-state index contributed by atoms with van der Waals surface area (Å²) in [5.74, 6) is 0.938. The molecule has 0 aliphatic carbocycles. The number of nitrogens with one attached hydrogen (secondary N) is 1. The standard InChI is InChI=1S/C26H30ClN5O/c27-22-5-7-23(8-6-22)31-15-17-32(18-16-31)25-24-19-21(4-3-20(24)9-10-28-25)26(33)29-11-14-30-12-1-2-13-30/h3-10,19H,1-2,11-18H2,(H,29,33). The number of aromatic nitrogens is 1. The fourth-order valence-corrected chi connectivity index (χ4v) is 4.94. The predicted octanol–water partition coefficient (Wildman–Crippen LogP) is 4.04. The van der Waals surface area contributed by atoms with Crippen LogP contribution >= 0.6 is 11.6 Å². The Kier molecular flexibility index (Phi) is 6.65. The molecule has 2 aliphatic rings. The minimum Gasteiger partial charge on any atom is -0.368 e. The molecule has 6 nitrogen and oxygen atoms in total. The quantitative estimate of drug-likeness (QED) is 0.598. The van der Waals surface area contributed by atoms with E-state index in [4.69, 9.17) is 16.6 Å². The van der Waals surface area contributed by atoms with Gasteiger partial charge in [0.25, 0.3) is 5.91 Å². The number of carbonyl (C=O) groups is 1. The molecule has 3 aromatic rings. The number of fused-ring (bicyclic) bond motifs is 1. The third-order valence-corrected chi connectivity index (χ3v) is 6.94. The van der Waals surface area contributed by atoms with Crippen LogP contribution in [0.25, 0.3) is 10.8 Å². The van der Waals surface area contributed by atoms with Gasteiger partial charge < -0.3 is 20.0 Å². The first-order valence-corrected chi connectivity index (χ1v) is 12.2. The number of carbonyl (C=O) groups excluding carboxylic acids is 1. The lowest BCUT2D eigenvalue weighted by atomic mass is 10.1. The van der Waals surface area contributed by atoms with Crippen molar-refractivity contribution in [3.63, 3.8) is 0 Å². The van der Waals surface area contributed by atoms with Crippen molar-refractivity contribution >= 4 is 39.8 Å². The van der Waals surface area contributed by atoms with Crippen LogP contribution < -0.4 is 15.1 Å². The number of piperazine rings is 1. The molecular formula is C26H30ClN5O. The number of amides is 1. The van der Waals surface area contributed by atoms with E-state index in [1.54, 1.807) is 0 Å². The molecule has 0 unspecified atom stereocenters. The molecular weight excluding hydrogens is 434 g/mol. The predicted molar refractivity (Wildman–Crippen MR) is 136 cm³/mol. The van der Waals surface area contributed by atoms with Gasteiger partial charge >= 0.3 is 0 Å². The van der Waals surface area contributed by atoms with Crippen LogP contribution in [0.2, 0.25) is 5.02 Å². The molecule has 0 saturated carbocycles. The van der Waals surface area contributed by atoms with Gasteiger partial charge in [-0.25, -0.2) is 4.98 Å². The first-order valence-electron chi connectivity index (χ1n) is 11.8. The lowest BCUT2D eigenvalue weighted by molar-refractivity contribution is 0.0950. The highest BCUT2D eigenvalue weighted by Crippen LogP contribution is 2.28. The van der Waals surface area contributed by atoms with Gasteiger partial charge in [0.1, 0.15) is 5.82 Å². The van der Waals surface area contributed by atoms with E-state index in [1.807, 2.05) is 42.6 Å². The van der Waals surface area contributed by atoms with Crippen molar-refractivity contribution in [1.82, 2.24) is 15.2 Å². The Balaban J connectivity index is 1.27. The van der Waals surface area contributed by atoms with E-state index >= 15 is 0 Å². The molecule has 2 fully saturated rings. The highest BCUT2D eigenvalue weighted by Gasteiger charge is 2.20. The Hall–Kier alpha value is -2.83. The molecule has 2 saturated heterocycles. The van der Waals surface area contributed by atoms with Gasteiger partial charge in [0.05, 0.1) is 0 Å². The molecule has 2 aromatic carbocycles. The second-order valence-corrected chi connectivity index (χ2v) is 9.26. The molecule has 3 heterocycles. The number of anilines is 2. The Labute approximate surface area is 200 Å². The van der Waals surface area contributed by atoms with Gasteiger partial charge in [-0.2, -0.15) is 0 Å². The molecule has 5 rings (SSSR count). The zero-order valence-corrected chi connectivity index (χ0v) is 19.6. The van der Waals surface area contributed by atoms with E-state index in [-0.39, 0.29) is 5.91 Å². The number of pyridine rings is 1. The van der Waals surface area contributed by atoms with Crippen molar-refractivity contribution < 1.29 is 4.79 Å². The van der Waals surface area contributed by atoms with Crippen LogP contribution in [0.15, 0.2) is 54.7 Å². The number of nitrogens with zero attached hydrogens (tertiary/aromatic N) is 4. The van der Waals surface area contributed by atoms with Gasteiger partial charge in [-0.05, 0) is 73.8 Å². The number of benzene rings is 2. The van der Waals surface area contributed by atoms with Crippen LogP contribution in [-0.4, -0.2) is 68.1 Å². The monoisotopic (exact) mass is 463 g/mol. The maximum atomic E-state index is 12.8. The van der Waals surface area contributed by atoms with Crippen molar-refractivity contribution in [2.75, 3.05) is 62.2 Å². The Morgan fingerprint density at radius 1 is 0.909 bits per heavy atom. The van der Waals surface area contributed by atoms with E-state index < -0.39 is 0 Å². The van der Waals surface area contributed by atoms with Crippen LogP contribution in [0.4, 0.5) is 11.5 Å². The normalized spacial score (nSPS) is 17.0. The van der Waals surface area contributed by atoms with Crippen LogP contribution in [0, 0.1) is 0 Å². The van der Waals surface area contributed by atoms with Crippen LogP contribution in [0.3, 0.4) is 0 Å². The SMILES string of the molecule is O=C(NCCN1CCCC1)c1ccc2ccnc(N3CCN(c4ccc(Cl)cc4)CC3)c2c1. The second kappa shape index (κ2) is 9.98. The largest absolute Gasteiger partial charge is 0.368 e. The average Bonchev–Trinajstić information content (AvgIpc) is 3.37. The number of hydrogen-bond acceptors (Lipinski definition) is 5. The molecule has 1 aromatic heterocycles. The van der Waals surface area contributed by atoms with Crippen molar-refractivity contribution in [3.8, 4) is 0 Å². The zero-order chi connectivity index (χ0) is 22.6. The van der Waals surface area contributed by atoms with Crippen molar-refractivity contribution in [1.29, 1.82) is 0 Å². The van der Waals surface area contributed by atoms with Gasteiger partial charge in [0, 0.05) is 67.1 Å². The fraction of sp³-hybridized carbons (Fsp3) is 0.385. The van der Waals surface area contributed by atoms with E-state index in [0.717, 1.165) is 67.4 Å². The van der Waals surface area contributed by atoms with Gasteiger partial charge in [-0.15, -0.1) is 0 Å². The topological polar surface area (TPSA) is 51.7 Å². The third kappa shape index (κ3) is 5.07. The summed E-state index contributed by atoms with van der Waals surface area (Å²) in [4.78, 5) is 24.6. The van der Waals surface area contributed by atoms with Crippen molar-refractivity contribution in [3.05, 3.63) is 65.3 Å². The summed E-state index contributed by atoms with van der Waals surface area (Å²) in [5, 5.41) is 5.98. The maximum absolute atomic E-state index is 12.8. The van der Waals surface area contributed by atoms with Gasteiger partial charge in [-0.3, -0.25) is 4.79 Å².